The van der Waals surface area contributed by atoms with Gasteiger partial charge in [0.15, 0.2) is 0 Å². The summed E-state index contributed by atoms with van der Waals surface area (Å²) in [6.45, 7) is 3.24. The molecule has 1 aliphatic rings. The van der Waals surface area contributed by atoms with Crippen molar-refractivity contribution in [2.45, 2.75) is 70.3 Å². The fourth-order valence-corrected chi connectivity index (χ4v) is 7.01. The van der Waals surface area contributed by atoms with Crippen molar-refractivity contribution in [1.82, 2.24) is 10.6 Å². The van der Waals surface area contributed by atoms with Gasteiger partial charge in [-0.2, -0.15) is 26.3 Å². The predicted molar refractivity (Wildman–Crippen MR) is 179 cm³/mol. The van der Waals surface area contributed by atoms with Crippen molar-refractivity contribution in [3.63, 3.8) is 0 Å². The van der Waals surface area contributed by atoms with Crippen molar-refractivity contribution >= 4 is 34.8 Å². The first-order valence-electron chi connectivity index (χ1n) is 15.3. The van der Waals surface area contributed by atoms with E-state index >= 15 is 0 Å². The Balaban J connectivity index is 0.00000650. The van der Waals surface area contributed by atoms with Gasteiger partial charge in [-0.05, 0) is 74.6 Å². The highest BCUT2D eigenvalue weighted by atomic mass is 35.5. The zero-order chi connectivity index (χ0) is 35.3. The van der Waals surface area contributed by atoms with Crippen LogP contribution in [0.2, 0.25) is 0 Å². The minimum atomic E-state index is -5.00. The van der Waals surface area contributed by atoms with Crippen LogP contribution in [0.3, 0.4) is 0 Å². The second kappa shape index (κ2) is 16.7. The first kappa shape index (κ1) is 40.2. The molecular weight excluding hydrogens is 700 g/mol. The lowest BCUT2D eigenvalue weighted by atomic mass is 10.00. The lowest BCUT2D eigenvalue weighted by Gasteiger charge is -2.47. The highest BCUT2D eigenvalue weighted by Gasteiger charge is 2.37. The van der Waals surface area contributed by atoms with E-state index in [2.05, 4.69) is 10.6 Å². The van der Waals surface area contributed by atoms with E-state index in [1.54, 1.807) is 50.2 Å². The highest BCUT2D eigenvalue weighted by Crippen LogP contribution is 2.50. The number of nitrogens with zero attached hydrogens (tertiary/aromatic N) is 1. The van der Waals surface area contributed by atoms with Crippen LogP contribution in [0.15, 0.2) is 66.7 Å². The molecule has 0 saturated carbocycles. The number of ether oxygens (including phenoxy) is 1. The monoisotopic (exact) mass is 739 g/mol. The molecule has 16 heteroatoms. The Morgan fingerprint density at radius 2 is 1.55 bits per heavy atom. The van der Waals surface area contributed by atoms with E-state index in [9.17, 15) is 45.3 Å². The first-order chi connectivity index (χ1) is 22.4. The second-order valence-corrected chi connectivity index (χ2v) is 14.0. The SMILES string of the molecule is CC(C)Oc1cc(C(=O)N[C@@H](Cc2ccccc2)[C@@H](O)CNCc2cc(C(F)(F)F)cc(C(F)(F)F)c2)cc(N2CCCCS2(O)O)c1.Cl. The number of hydrogen-bond acceptors (Lipinski definition) is 7. The molecular formula is C33H40ClF6N3O5S. The Hall–Kier alpha value is -3.21. The number of carbonyl (C=O) groups excluding carboxylic acids is 1. The number of anilines is 1. The molecule has 3 aromatic carbocycles. The standard InChI is InChI=1S/C33H39F6N3O5S.ClH/c1-21(2)47-28-16-24(15-27(18-28)42-10-6-7-11-48(42,45)46)31(44)41-29(14-22-8-4-3-5-9-22)30(43)20-40-19-23-12-25(32(34,35)36)17-26(13-23)33(37,38)39;/h3-5,8-9,12-13,15-18,21,29-30,40,43,45-46H,6-7,10-11,14,19-20H2,1-2H3,(H,41,44);1H/t29-,30-;/m0./s1. The molecule has 5 N–H and O–H groups in total. The van der Waals surface area contributed by atoms with E-state index < -0.39 is 58.9 Å². The molecule has 1 amide bonds. The number of benzene rings is 3. The van der Waals surface area contributed by atoms with Crippen LogP contribution < -0.4 is 19.7 Å². The molecule has 0 spiro atoms. The van der Waals surface area contributed by atoms with Crippen LogP contribution in [-0.4, -0.2) is 57.2 Å². The maximum absolute atomic E-state index is 13.7. The van der Waals surface area contributed by atoms with Crippen molar-refractivity contribution in [2.24, 2.45) is 0 Å². The average molecular weight is 740 g/mol. The van der Waals surface area contributed by atoms with Crippen LogP contribution in [0.1, 0.15) is 59.3 Å². The molecule has 8 nitrogen and oxygen atoms in total. The molecule has 0 aromatic heterocycles. The Bertz CT molecular complexity index is 1510. The summed E-state index contributed by atoms with van der Waals surface area (Å²) in [6, 6.07) is 13.8. The number of halogens is 7. The zero-order valence-electron chi connectivity index (χ0n) is 26.7. The van der Waals surface area contributed by atoms with Crippen molar-refractivity contribution in [2.75, 3.05) is 23.1 Å². The summed E-state index contributed by atoms with van der Waals surface area (Å²) in [7, 11) is -3.12. The smallest absolute Gasteiger partial charge is 0.416 e. The van der Waals surface area contributed by atoms with Crippen LogP contribution in [0.5, 0.6) is 5.75 Å². The molecule has 272 valence electrons. The van der Waals surface area contributed by atoms with Gasteiger partial charge in [-0.3, -0.25) is 18.2 Å². The molecule has 2 atom stereocenters. The van der Waals surface area contributed by atoms with E-state index in [1.165, 1.54) is 16.4 Å². The number of hydrogen-bond donors (Lipinski definition) is 5. The van der Waals surface area contributed by atoms with Gasteiger partial charge in [-0.25, -0.2) is 0 Å². The van der Waals surface area contributed by atoms with Crippen LogP contribution in [0, 0.1) is 0 Å². The molecule has 0 aliphatic carbocycles. The largest absolute Gasteiger partial charge is 0.491 e. The molecule has 1 heterocycles. The molecule has 1 saturated heterocycles. The summed E-state index contributed by atoms with van der Waals surface area (Å²) in [4.78, 5) is 13.7. The summed E-state index contributed by atoms with van der Waals surface area (Å²) in [5, 5.41) is 16.7. The molecule has 3 aromatic rings. The number of aliphatic hydroxyl groups is 1. The molecule has 0 unspecified atom stereocenters. The minimum absolute atomic E-state index is 0. The average Bonchev–Trinajstić information content (AvgIpc) is 2.99. The lowest BCUT2D eigenvalue weighted by molar-refractivity contribution is -0.143. The minimum Gasteiger partial charge on any atom is -0.491 e. The van der Waals surface area contributed by atoms with E-state index in [0.29, 0.717) is 43.0 Å². The number of rotatable bonds is 12. The predicted octanol–water partition coefficient (Wildman–Crippen LogP) is 7.69. The maximum Gasteiger partial charge on any atom is 0.416 e. The van der Waals surface area contributed by atoms with Gasteiger partial charge < -0.3 is 20.5 Å². The Morgan fingerprint density at radius 1 is 0.918 bits per heavy atom. The molecule has 49 heavy (non-hydrogen) atoms. The van der Waals surface area contributed by atoms with E-state index in [1.807, 2.05) is 0 Å². The van der Waals surface area contributed by atoms with E-state index in [-0.39, 0.29) is 54.4 Å². The summed E-state index contributed by atoms with van der Waals surface area (Å²) < 4.78 is 109. The first-order valence-corrected chi connectivity index (χ1v) is 17.0. The fraction of sp³-hybridized carbons (Fsp3) is 0.424. The second-order valence-electron chi connectivity index (χ2n) is 11.9. The Morgan fingerprint density at radius 3 is 2.12 bits per heavy atom. The van der Waals surface area contributed by atoms with Crippen LogP contribution in [0.4, 0.5) is 32.0 Å². The van der Waals surface area contributed by atoms with Crippen LogP contribution >= 0.6 is 23.2 Å². The van der Waals surface area contributed by atoms with Crippen molar-refractivity contribution in [3.8, 4) is 5.75 Å². The summed E-state index contributed by atoms with van der Waals surface area (Å²) in [5.74, 6) is -0.124. The van der Waals surface area contributed by atoms with Crippen molar-refractivity contribution in [3.05, 3.63) is 94.5 Å². The molecule has 0 bridgehead atoms. The third kappa shape index (κ3) is 11.4. The van der Waals surface area contributed by atoms with Crippen LogP contribution in [0.25, 0.3) is 0 Å². The molecule has 1 fully saturated rings. The highest BCUT2D eigenvalue weighted by molar-refractivity contribution is 8.25. The normalized spacial score (nSPS) is 16.8. The van der Waals surface area contributed by atoms with Gasteiger partial charge in [0.1, 0.15) is 5.75 Å². The van der Waals surface area contributed by atoms with Crippen molar-refractivity contribution < 1.29 is 50.1 Å². The Labute approximate surface area is 288 Å². The third-order valence-corrected chi connectivity index (χ3v) is 9.54. The molecule has 1 aliphatic heterocycles. The van der Waals surface area contributed by atoms with Gasteiger partial charge in [0.25, 0.3) is 5.91 Å². The number of alkyl halides is 6. The lowest BCUT2D eigenvalue weighted by Crippen LogP contribution is -2.48. The van der Waals surface area contributed by atoms with Crippen molar-refractivity contribution in [1.29, 1.82) is 0 Å². The maximum atomic E-state index is 13.7. The molecule has 4 rings (SSSR count). The quantitative estimate of drug-likeness (QED) is 0.121. The van der Waals surface area contributed by atoms with Gasteiger partial charge in [0, 0.05) is 31.3 Å². The van der Waals surface area contributed by atoms with E-state index in [0.717, 1.165) is 5.56 Å². The fourth-order valence-electron chi connectivity index (χ4n) is 5.34. The summed E-state index contributed by atoms with van der Waals surface area (Å²) in [6.07, 6.45) is -10.1. The van der Waals surface area contributed by atoms with Gasteiger partial charge in [-0.1, -0.05) is 30.3 Å². The zero-order valence-corrected chi connectivity index (χ0v) is 28.4. The van der Waals surface area contributed by atoms with Gasteiger partial charge in [0.05, 0.1) is 40.8 Å². The Kier molecular flexibility index (Phi) is 13.7. The number of amides is 1. The number of carbonyl (C=O) groups is 1. The number of nitrogens with one attached hydrogen (secondary N) is 2. The summed E-state index contributed by atoms with van der Waals surface area (Å²) >= 11 is 0. The summed E-state index contributed by atoms with van der Waals surface area (Å²) in [5.41, 5.74) is -1.94. The number of aliphatic hydroxyl groups excluding tert-OH is 1. The van der Waals surface area contributed by atoms with Crippen LogP contribution in [-0.2, 0) is 25.3 Å². The van der Waals surface area contributed by atoms with Gasteiger partial charge >= 0.3 is 12.4 Å². The third-order valence-electron chi connectivity index (χ3n) is 7.61. The topological polar surface area (TPSA) is 114 Å². The van der Waals surface area contributed by atoms with Gasteiger partial charge in [-0.15, -0.1) is 23.2 Å². The van der Waals surface area contributed by atoms with Gasteiger partial charge in [0.2, 0.25) is 0 Å². The molecule has 0 radical (unpaired) electrons. The van der Waals surface area contributed by atoms with E-state index in [4.69, 9.17) is 4.74 Å².